The van der Waals surface area contributed by atoms with E-state index in [1.807, 2.05) is 18.2 Å². The molecule has 0 aliphatic rings. The van der Waals surface area contributed by atoms with Crippen LogP contribution in [0.3, 0.4) is 0 Å². The first kappa shape index (κ1) is 25.6. The number of benzene rings is 3. The molecule has 0 radical (unpaired) electrons. The number of para-hydroxylation sites is 2. The summed E-state index contributed by atoms with van der Waals surface area (Å²) in [6.07, 6.45) is 4.68. The average molecular weight is 483 g/mol. The van der Waals surface area contributed by atoms with E-state index in [1.165, 1.54) is 16.6 Å². The summed E-state index contributed by atoms with van der Waals surface area (Å²) in [5.41, 5.74) is 6.05. The molecule has 4 aromatic rings. The summed E-state index contributed by atoms with van der Waals surface area (Å²) in [7, 11) is 1.68. The minimum absolute atomic E-state index is 0.198. The molecule has 0 aliphatic heterocycles. The zero-order chi connectivity index (χ0) is 25.5. The minimum Gasteiger partial charge on any atom is -0.493 e. The van der Waals surface area contributed by atoms with Crippen molar-refractivity contribution in [1.29, 1.82) is 0 Å². The van der Waals surface area contributed by atoms with Crippen molar-refractivity contribution in [1.82, 2.24) is 9.55 Å². The van der Waals surface area contributed by atoms with Crippen molar-refractivity contribution in [3.63, 3.8) is 0 Å². The van der Waals surface area contributed by atoms with Crippen molar-refractivity contribution in [3.05, 3.63) is 102 Å². The molecule has 1 heterocycles. The van der Waals surface area contributed by atoms with Gasteiger partial charge in [0, 0.05) is 12.5 Å². The molecule has 0 spiro atoms. The highest BCUT2D eigenvalue weighted by atomic mass is 16.5. The Kier molecular flexibility index (Phi) is 8.48. The maximum Gasteiger partial charge on any atom is 0.161 e. The summed E-state index contributed by atoms with van der Waals surface area (Å²) < 4.78 is 14.0. The monoisotopic (exact) mass is 482 g/mol. The number of aryl methyl sites for hydroxylation is 1. The molecular formula is C32H38N2O2. The Morgan fingerprint density at radius 2 is 1.69 bits per heavy atom. The fraction of sp³-hybridized carbons (Fsp3) is 0.344. The maximum absolute atomic E-state index is 6.12. The van der Waals surface area contributed by atoms with E-state index < -0.39 is 0 Å². The summed E-state index contributed by atoms with van der Waals surface area (Å²) >= 11 is 0. The van der Waals surface area contributed by atoms with Gasteiger partial charge in [0.1, 0.15) is 5.82 Å². The van der Waals surface area contributed by atoms with Crippen molar-refractivity contribution in [2.75, 3.05) is 13.7 Å². The second kappa shape index (κ2) is 11.9. The van der Waals surface area contributed by atoms with E-state index in [4.69, 9.17) is 14.5 Å². The van der Waals surface area contributed by atoms with Gasteiger partial charge in [0.05, 0.1) is 24.8 Å². The standard InChI is InChI=1S/C32H38N2O2/c1-6-10-25-15-18-30(31(22-25)35-5)36-20-9-19-34-29-12-8-7-11-28(29)33-32(34)24(4)27-16-13-26(14-17-27)21-23(2)3/h6-8,11-18,22-24H,1,9-10,19-21H2,2-5H3. The molecule has 0 fully saturated rings. The lowest BCUT2D eigenvalue weighted by molar-refractivity contribution is 0.282. The highest BCUT2D eigenvalue weighted by Crippen LogP contribution is 2.30. The topological polar surface area (TPSA) is 36.3 Å². The van der Waals surface area contributed by atoms with E-state index in [-0.39, 0.29) is 5.92 Å². The van der Waals surface area contributed by atoms with Crippen LogP contribution in [0.15, 0.2) is 79.4 Å². The Morgan fingerprint density at radius 3 is 2.42 bits per heavy atom. The molecule has 1 atom stereocenters. The van der Waals surface area contributed by atoms with Crippen LogP contribution in [0.2, 0.25) is 0 Å². The van der Waals surface area contributed by atoms with Crippen LogP contribution in [0, 0.1) is 5.92 Å². The predicted octanol–water partition coefficient (Wildman–Crippen LogP) is 7.59. The first-order valence-corrected chi connectivity index (χ1v) is 12.9. The molecule has 0 aliphatic carbocycles. The van der Waals surface area contributed by atoms with Gasteiger partial charge in [0.2, 0.25) is 0 Å². The fourth-order valence-corrected chi connectivity index (χ4v) is 4.75. The highest BCUT2D eigenvalue weighted by Gasteiger charge is 2.18. The Bertz CT molecular complexity index is 1290. The van der Waals surface area contributed by atoms with E-state index in [9.17, 15) is 0 Å². The summed E-state index contributed by atoms with van der Waals surface area (Å²) in [4.78, 5) is 5.05. The largest absolute Gasteiger partial charge is 0.493 e. The van der Waals surface area contributed by atoms with Crippen LogP contribution in [-0.4, -0.2) is 23.3 Å². The predicted molar refractivity (Wildman–Crippen MR) is 149 cm³/mol. The molecule has 4 heteroatoms. The van der Waals surface area contributed by atoms with Crippen molar-refractivity contribution in [3.8, 4) is 11.5 Å². The van der Waals surface area contributed by atoms with Gasteiger partial charge in [-0.1, -0.05) is 69.3 Å². The molecule has 36 heavy (non-hydrogen) atoms. The lowest BCUT2D eigenvalue weighted by Gasteiger charge is -2.17. The van der Waals surface area contributed by atoms with Crippen molar-refractivity contribution in [2.45, 2.75) is 52.5 Å². The van der Waals surface area contributed by atoms with Gasteiger partial charge in [0.15, 0.2) is 11.5 Å². The molecule has 0 saturated heterocycles. The number of nitrogens with zero attached hydrogens (tertiary/aromatic N) is 2. The van der Waals surface area contributed by atoms with Crippen LogP contribution >= 0.6 is 0 Å². The maximum atomic E-state index is 6.12. The number of hydrogen-bond acceptors (Lipinski definition) is 3. The zero-order valence-electron chi connectivity index (χ0n) is 22.0. The van der Waals surface area contributed by atoms with Gasteiger partial charge in [0.25, 0.3) is 0 Å². The highest BCUT2D eigenvalue weighted by molar-refractivity contribution is 5.76. The molecule has 0 bridgehead atoms. The third kappa shape index (κ3) is 5.99. The minimum atomic E-state index is 0.198. The van der Waals surface area contributed by atoms with Crippen LogP contribution < -0.4 is 9.47 Å². The van der Waals surface area contributed by atoms with Gasteiger partial charge in [-0.2, -0.15) is 0 Å². The van der Waals surface area contributed by atoms with Crippen LogP contribution in [0.1, 0.15) is 55.6 Å². The molecule has 0 saturated carbocycles. The SMILES string of the molecule is C=CCc1ccc(OCCCn2c(C(C)c3ccc(CC(C)C)cc3)nc3ccccc32)c(OC)c1. The number of allylic oxidation sites excluding steroid dienone is 1. The Morgan fingerprint density at radius 1 is 0.944 bits per heavy atom. The van der Waals surface area contributed by atoms with Gasteiger partial charge in [-0.05, 0) is 66.1 Å². The van der Waals surface area contributed by atoms with Crippen LogP contribution in [0.5, 0.6) is 11.5 Å². The van der Waals surface area contributed by atoms with E-state index in [1.54, 1.807) is 7.11 Å². The second-order valence-electron chi connectivity index (χ2n) is 9.85. The van der Waals surface area contributed by atoms with E-state index in [0.717, 1.165) is 54.2 Å². The average Bonchev–Trinajstić information content (AvgIpc) is 3.25. The van der Waals surface area contributed by atoms with Gasteiger partial charge in [-0.25, -0.2) is 4.98 Å². The second-order valence-corrected chi connectivity index (χ2v) is 9.85. The third-order valence-electron chi connectivity index (χ3n) is 6.59. The van der Waals surface area contributed by atoms with Crippen LogP contribution in [0.25, 0.3) is 11.0 Å². The van der Waals surface area contributed by atoms with Gasteiger partial charge >= 0.3 is 0 Å². The lowest BCUT2D eigenvalue weighted by Crippen LogP contribution is -2.11. The molecule has 1 unspecified atom stereocenters. The summed E-state index contributed by atoms with van der Waals surface area (Å²) in [6.45, 7) is 12.0. The molecule has 4 rings (SSSR count). The van der Waals surface area contributed by atoms with Crippen molar-refractivity contribution < 1.29 is 9.47 Å². The van der Waals surface area contributed by atoms with E-state index in [2.05, 4.69) is 86.5 Å². The normalized spacial score (nSPS) is 12.1. The van der Waals surface area contributed by atoms with E-state index in [0.29, 0.717) is 12.5 Å². The number of ether oxygens (including phenoxy) is 2. The first-order valence-electron chi connectivity index (χ1n) is 12.9. The number of fused-ring (bicyclic) bond motifs is 1. The van der Waals surface area contributed by atoms with Crippen molar-refractivity contribution in [2.24, 2.45) is 5.92 Å². The van der Waals surface area contributed by atoms with Gasteiger partial charge in [-0.3, -0.25) is 0 Å². The molecule has 0 N–H and O–H groups in total. The van der Waals surface area contributed by atoms with Crippen LogP contribution in [0.4, 0.5) is 0 Å². The fourth-order valence-electron chi connectivity index (χ4n) is 4.75. The number of aromatic nitrogens is 2. The Hall–Kier alpha value is -3.53. The Balaban J connectivity index is 1.49. The van der Waals surface area contributed by atoms with E-state index >= 15 is 0 Å². The quantitative estimate of drug-likeness (QED) is 0.154. The number of imidazole rings is 1. The lowest BCUT2D eigenvalue weighted by atomic mass is 9.96. The molecule has 1 aromatic heterocycles. The molecule has 0 amide bonds. The molecule has 188 valence electrons. The van der Waals surface area contributed by atoms with Crippen LogP contribution in [-0.2, 0) is 19.4 Å². The number of hydrogen-bond donors (Lipinski definition) is 0. The molecular weight excluding hydrogens is 444 g/mol. The zero-order valence-corrected chi connectivity index (χ0v) is 22.0. The summed E-state index contributed by atoms with van der Waals surface area (Å²) in [6, 6.07) is 23.5. The van der Waals surface area contributed by atoms with Gasteiger partial charge < -0.3 is 14.0 Å². The third-order valence-corrected chi connectivity index (χ3v) is 6.59. The summed E-state index contributed by atoms with van der Waals surface area (Å²) in [5.74, 6) is 3.49. The smallest absolute Gasteiger partial charge is 0.161 e. The molecule has 4 nitrogen and oxygen atoms in total. The summed E-state index contributed by atoms with van der Waals surface area (Å²) in [5, 5.41) is 0. The van der Waals surface area contributed by atoms with Gasteiger partial charge in [-0.15, -0.1) is 6.58 Å². The Labute approximate surface area is 215 Å². The van der Waals surface area contributed by atoms with Crippen molar-refractivity contribution >= 4 is 11.0 Å². The number of rotatable bonds is 12. The first-order chi connectivity index (χ1) is 17.5. The number of methoxy groups -OCH3 is 1. The molecule has 3 aromatic carbocycles.